The third-order valence-corrected chi connectivity index (χ3v) is 2.12. The highest BCUT2D eigenvalue weighted by Crippen LogP contribution is 2.31. The highest BCUT2D eigenvalue weighted by atomic mass is 19.4. The zero-order chi connectivity index (χ0) is 13.2. The summed E-state index contributed by atoms with van der Waals surface area (Å²) in [6.45, 7) is 0. The molecule has 1 aromatic heterocycles. The number of nitrogen functional groups attached to an aromatic ring is 1. The van der Waals surface area contributed by atoms with Gasteiger partial charge in [-0.05, 0) is 18.2 Å². The van der Waals surface area contributed by atoms with Crippen LogP contribution in [-0.2, 0) is 6.18 Å². The zero-order valence-corrected chi connectivity index (χ0v) is 9.07. The molecule has 0 spiro atoms. The quantitative estimate of drug-likeness (QED) is 0.864. The minimum atomic E-state index is -4.38. The molecule has 0 atom stereocenters. The lowest BCUT2D eigenvalue weighted by Crippen LogP contribution is -2.05. The van der Waals surface area contributed by atoms with Crippen LogP contribution in [0.5, 0.6) is 0 Å². The third kappa shape index (κ3) is 2.88. The first-order valence-electron chi connectivity index (χ1n) is 4.97. The van der Waals surface area contributed by atoms with Crippen molar-refractivity contribution >= 4 is 17.3 Å². The van der Waals surface area contributed by atoms with Crippen LogP contribution in [0.3, 0.4) is 0 Å². The Bertz CT molecular complexity index is 554. The van der Waals surface area contributed by atoms with E-state index in [-0.39, 0.29) is 17.3 Å². The summed E-state index contributed by atoms with van der Waals surface area (Å²) in [7, 11) is 0. The van der Waals surface area contributed by atoms with Crippen LogP contribution in [0.15, 0.2) is 36.7 Å². The molecule has 0 aliphatic carbocycles. The van der Waals surface area contributed by atoms with Gasteiger partial charge in [-0.25, -0.2) is 4.98 Å². The number of benzene rings is 1. The number of rotatable bonds is 2. The molecule has 2 rings (SSSR count). The maximum Gasteiger partial charge on any atom is 0.416 e. The summed E-state index contributed by atoms with van der Waals surface area (Å²) in [5.41, 5.74) is 4.95. The zero-order valence-electron chi connectivity index (χ0n) is 9.07. The van der Waals surface area contributed by atoms with Crippen molar-refractivity contribution in [2.45, 2.75) is 6.18 Å². The van der Waals surface area contributed by atoms with Crippen molar-refractivity contribution < 1.29 is 13.2 Å². The number of alkyl halides is 3. The predicted molar refractivity (Wildman–Crippen MR) is 61.2 cm³/mol. The first-order chi connectivity index (χ1) is 8.45. The molecular formula is C11H9F3N4. The van der Waals surface area contributed by atoms with Crippen molar-refractivity contribution in [3.05, 3.63) is 42.2 Å². The van der Waals surface area contributed by atoms with E-state index < -0.39 is 11.7 Å². The monoisotopic (exact) mass is 254 g/mol. The SMILES string of the molecule is Nc1cncc(Nc2cccc(C(F)(F)F)c2)n1. The Morgan fingerprint density at radius 2 is 1.94 bits per heavy atom. The van der Waals surface area contributed by atoms with Crippen molar-refractivity contribution in [2.75, 3.05) is 11.1 Å². The summed E-state index contributed by atoms with van der Waals surface area (Å²) >= 11 is 0. The Labute approximate surface area is 101 Å². The van der Waals surface area contributed by atoms with E-state index >= 15 is 0 Å². The van der Waals surface area contributed by atoms with Crippen molar-refractivity contribution in [1.29, 1.82) is 0 Å². The average molecular weight is 254 g/mol. The molecule has 3 N–H and O–H groups in total. The van der Waals surface area contributed by atoms with E-state index in [4.69, 9.17) is 5.73 Å². The number of nitrogens with two attached hydrogens (primary N) is 1. The van der Waals surface area contributed by atoms with E-state index in [0.717, 1.165) is 12.1 Å². The molecule has 0 unspecified atom stereocenters. The van der Waals surface area contributed by atoms with Gasteiger partial charge in [0.05, 0.1) is 18.0 Å². The van der Waals surface area contributed by atoms with Crippen LogP contribution in [0.4, 0.5) is 30.5 Å². The summed E-state index contributed by atoms with van der Waals surface area (Å²) in [6, 6.07) is 4.80. The molecule has 18 heavy (non-hydrogen) atoms. The Balaban J connectivity index is 2.25. The molecule has 0 bridgehead atoms. The van der Waals surface area contributed by atoms with E-state index in [2.05, 4.69) is 15.3 Å². The molecule has 2 aromatic rings. The van der Waals surface area contributed by atoms with Crippen LogP contribution in [0, 0.1) is 0 Å². The molecule has 1 heterocycles. The minimum Gasteiger partial charge on any atom is -0.382 e. The maximum atomic E-state index is 12.5. The number of anilines is 3. The molecule has 0 fully saturated rings. The van der Waals surface area contributed by atoms with E-state index in [1.54, 1.807) is 0 Å². The predicted octanol–water partition coefficient (Wildman–Crippen LogP) is 2.82. The Morgan fingerprint density at radius 1 is 1.17 bits per heavy atom. The highest BCUT2D eigenvalue weighted by molar-refractivity contribution is 5.57. The van der Waals surface area contributed by atoms with Crippen LogP contribution in [0.25, 0.3) is 0 Å². The topological polar surface area (TPSA) is 63.8 Å². The van der Waals surface area contributed by atoms with Crippen LogP contribution < -0.4 is 11.1 Å². The standard InChI is InChI=1S/C11H9F3N4/c12-11(13,14)7-2-1-3-8(4-7)17-10-6-16-5-9(15)18-10/h1-6H,(H3,15,17,18). The fourth-order valence-corrected chi connectivity index (χ4v) is 1.36. The fraction of sp³-hybridized carbons (Fsp3) is 0.0909. The third-order valence-electron chi connectivity index (χ3n) is 2.12. The van der Waals surface area contributed by atoms with Crippen molar-refractivity contribution in [3.63, 3.8) is 0 Å². The number of hydrogen-bond donors (Lipinski definition) is 2. The van der Waals surface area contributed by atoms with Gasteiger partial charge >= 0.3 is 6.18 Å². The lowest BCUT2D eigenvalue weighted by molar-refractivity contribution is -0.137. The number of hydrogen-bond acceptors (Lipinski definition) is 4. The van der Waals surface area contributed by atoms with Crippen molar-refractivity contribution in [3.8, 4) is 0 Å². The summed E-state index contributed by atoms with van der Waals surface area (Å²) in [6.07, 6.45) is -1.66. The summed E-state index contributed by atoms with van der Waals surface area (Å²) < 4.78 is 37.5. The van der Waals surface area contributed by atoms with Crippen molar-refractivity contribution in [1.82, 2.24) is 9.97 Å². The van der Waals surface area contributed by atoms with Gasteiger partial charge in [-0.3, -0.25) is 4.98 Å². The average Bonchev–Trinajstić information content (AvgIpc) is 2.28. The second-order valence-electron chi connectivity index (χ2n) is 3.53. The van der Waals surface area contributed by atoms with Gasteiger partial charge in [-0.15, -0.1) is 0 Å². The normalized spacial score (nSPS) is 11.3. The van der Waals surface area contributed by atoms with Gasteiger partial charge in [-0.2, -0.15) is 13.2 Å². The van der Waals surface area contributed by atoms with Crippen LogP contribution >= 0.6 is 0 Å². The number of nitrogens with zero attached hydrogens (tertiary/aromatic N) is 2. The Hall–Kier alpha value is -2.31. The van der Waals surface area contributed by atoms with Crippen molar-refractivity contribution in [2.24, 2.45) is 0 Å². The van der Waals surface area contributed by atoms with E-state index in [1.807, 2.05) is 0 Å². The molecule has 7 heteroatoms. The second kappa shape index (κ2) is 4.52. The molecule has 0 saturated heterocycles. The molecule has 0 aliphatic rings. The van der Waals surface area contributed by atoms with E-state index in [9.17, 15) is 13.2 Å². The summed E-state index contributed by atoms with van der Waals surface area (Å²) in [5.74, 6) is 0.473. The smallest absolute Gasteiger partial charge is 0.382 e. The lowest BCUT2D eigenvalue weighted by Gasteiger charge is -2.10. The van der Waals surface area contributed by atoms with Gasteiger partial charge in [0.15, 0.2) is 5.82 Å². The van der Waals surface area contributed by atoms with Gasteiger partial charge in [0.25, 0.3) is 0 Å². The molecular weight excluding hydrogens is 245 g/mol. The van der Waals surface area contributed by atoms with Gasteiger partial charge in [-0.1, -0.05) is 6.07 Å². The van der Waals surface area contributed by atoms with Gasteiger partial charge in [0.2, 0.25) is 0 Å². The highest BCUT2D eigenvalue weighted by Gasteiger charge is 2.30. The first-order valence-corrected chi connectivity index (χ1v) is 4.97. The first kappa shape index (κ1) is 12.2. The molecule has 0 amide bonds. The van der Waals surface area contributed by atoms with E-state index in [1.165, 1.54) is 24.5 Å². The van der Waals surface area contributed by atoms with Crippen LogP contribution in [0.2, 0.25) is 0 Å². The van der Waals surface area contributed by atoms with Gasteiger partial charge < -0.3 is 11.1 Å². The number of aromatic nitrogens is 2. The summed E-state index contributed by atoms with van der Waals surface area (Å²) in [5, 5.41) is 2.70. The molecule has 0 aliphatic heterocycles. The fourth-order valence-electron chi connectivity index (χ4n) is 1.36. The maximum absolute atomic E-state index is 12.5. The molecule has 0 radical (unpaired) electrons. The molecule has 4 nitrogen and oxygen atoms in total. The second-order valence-corrected chi connectivity index (χ2v) is 3.53. The van der Waals surface area contributed by atoms with Gasteiger partial charge in [0.1, 0.15) is 5.82 Å². The van der Waals surface area contributed by atoms with E-state index in [0.29, 0.717) is 0 Å². The molecule has 1 aromatic carbocycles. The Kier molecular flexibility index (Phi) is 3.05. The number of nitrogens with one attached hydrogen (secondary N) is 1. The largest absolute Gasteiger partial charge is 0.416 e. The lowest BCUT2D eigenvalue weighted by atomic mass is 10.2. The Morgan fingerprint density at radius 3 is 2.61 bits per heavy atom. The van der Waals surface area contributed by atoms with Crippen LogP contribution in [-0.4, -0.2) is 9.97 Å². The molecule has 0 saturated carbocycles. The van der Waals surface area contributed by atoms with Crippen LogP contribution in [0.1, 0.15) is 5.56 Å². The van der Waals surface area contributed by atoms with Gasteiger partial charge in [0, 0.05) is 5.69 Å². The number of halogens is 3. The molecule has 94 valence electrons. The summed E-state index contributed by atoms with van der Waals surface area (Å²) in [4.78, 5) is 7.66. The minimum absolute atomic E-state index is 0.187.